The molecule has 1 aromatic carbocycles. The Morgan fingerprint density at radius 3 is 2.38 bits per heavy atom. The van der Waals surface area contributed by atoms with E-state index in [1.165, 1.54) is 18.3 Å². The lowest BCUT2D eigenvalue weighted by Gasteiger charge is -2.36. The lowest BCUT2D eigenvalue weighted by Crippen LogP contribution is -2.52. The number of likely N-dealkylation sites (N-methyl/N-ethyl adjacent to an activating group) is 1. The molecule has 1 aliphatic rings. The number of carbonyl (C=O) groups is 2. The van der Waals surface area contributed by atoms with Crippen LogP contribution in [-0.4, -0.2) is 66.6 Å². The van der Waals surface area contributed by atoms with Crippen molar-refractivity contribution in [2.24, 2.45) is 0 Å². The number of amides is 2. The van der Waals surface area contributed by atoms with E-state index in [0.29, 0.717) is 36.6 Å². The molecule has 7 nitrogen and oxygen atoms in total. The van der Waals surface area contributed by atoms with Crippen molar-refractivity contribution in [3.63, 3.8) is 0 Å². The summed E-state index contributed by atoms with van der Waals surface area (Å²) in [6, 6.07) is 8.99. The summed E-state index contributed by atoms with van der Waals surface area (Å²) < 4.78 is 18.3. The highest BCUT2D eigenvalue weighted by molar-refractivity contribution is 5.92. The number of aromatic nitrogens is 1. The zero-order valence-corrected chi connectivity index (χ0v) is 16.7. The number of anilines is 1. The Kier molecular flexibility index (Phi) is 6.77. The van der Waals surface area contributed by atoms with Gasteiger partial charge >= 0.3 is 12.0 Å². The summed E-state index contributed by atoms with van der Waals surface area (Å²) in [5.41, 5.74) is 1.56. The number of rotatable bonds is 5. The molecule has 1 saturated heterocycles. The van der Waals surface area contributed by atoms with Crippen molar-refractivity contribution in [2.75, 3.05) is 44.7 Å². The van der Waals surface area contributed by atoms with Gasteiger partial charge in [0.25, 0.3) is 0 Å². The maximum Gasteiger partial charge on any atom is 0.339 e. The Balaban J connectivity index is 1.80. The number of halogens is 1. The maximum absolute atomic E-state index is 13.4. The van der Waals surface area contributed by atoms with Crippen LogP contribution in [0.2, 0.25) is 0 Å². The van der Waals surface area contributed by atoms with Crippen molar-refractivity contribution in [1.29, 1.82) is 0 Å². The van der Waals surface area contributed by atoms with E-state index >= 15 is 0 Å². The fraction of sp³-hybridized carbons (Fsp3) is 0.381. The van der Waals surface area contributed by atoms with Gasteiger partial charge in [-0.15, -0.1) is 0 Å². The predicted molar refractivity (Wildman–Crippen MR) is 107 cm³/mol. The first-order chi connectivity index (χ1) is 14.0. The average molecular weight is 400 g/mol. The average Bonchev–Trinajstić information content (AvgIpc) is 2.73. The van der Waals surface area contributed by atoms with Crippen LogP contribution in [0.25, 0.3) is 0 Å². The van der Waals surface area contributed by atoms with Crippen LogP contribution in [0.15, 0.2) is 42.6 Å². The molecule has 0 bridgehead atoms. The number of hydrogen-bond acceptors (Lipinski definition) is 5. The minimum absolute atomic E-state index is 0.152. The Bertz CT molecular complexity index is 834. The molecule has 0 radical (unpaired) electrons. The van der Waals surface area contributed by atoms with Crippen LogP contribution in [0, 0.1) is 5.82 Å². The third kappa shape index (κ3) is 5.29. The largest absolute Gasteiger partial charge is 0.462 e. The summed E-state index contributed by atoms with van der Waals surface area (Å²) >= 11 is 0. The molecule has 2 amide bonds. The van der Waals surface area contributed by atoms with Gasteiger partial charge in [0.05, 0.1) is 24.4 Å². The van der Waals surface area contributed by atoms with Crippen molar-refractivity contribution in [2.45, 2.75) is 13.5 Å². The molecule has 0 aliphatic carbocycles. The second kappa shape index (κ2) is 9.47. The molecule has 1 aliphatic heterocycles. The van der Waals surface area contributed by atoms with Crippen molar-refractivity contribution in [3.05, 3.63) is 59.7 Å². The van der Waals surface area contributed by atoms with Crippen LogP contribution < -0.4 is 4.90 Å². The molecular formula is C21H25FN4O3. The molecule has 154 valence electrons. The highest BCUT2D eigenvalue weighted by Gasteiger charge is 2.26. The minimum Gasteiger partial charge on any atom is -0.462 e. The van der Waals surface area contributed by atoms with Crippen molar-refractivity contribution in [1.82, 2.24) is 14.8 Å². The van der Waals surface area contributed by atoms with Crippen molar-refractivity contribution < 1.29 is 18.7 Å². The molecule has 2 heterocycles. The number of nitrogens with zero attached hydrogens (tertiary/aromatic N) is 4. The Morgan fingerprint density at radius 2 is 1.79 bits per heavy atom. The number of hydrogen-bond donors (Lipinski definition) is 0. The Morgan fingerprint density at radius 1 is 1.10 bits per heavy atom. The van der Waals surface area contributed by atoms with Gasteiger partial charge in [0, 0.05) is 38.1 Å². The first-order valence-electron chi connectivity index (χ1n) is 9.60. The maximum atomic E-state index is 13.4. The number of urea groups is 1. The van der Waals surface area contributed by atoms with Crippen molar-refractivity contribution in [3.8, 4) is 0 Å². The van der Waals surface area contributed by atoms with Gasteiger partial charge in [-0.3, -0.25) is 9.88 Å². The van der Waals surface area contributed by atoms with E-state index in [1.807, 2.05) is 7.05 Å². The van der Waals surface area contributed by atoms with Gasteiger partial charge in [-0.1, -0.05) is 0 Å². The summed E-state index contributed by atoms with van der Waals surface area (Å²) in [5.74, 6) is -0.798. The van der Waals surface area contributed by atoms with Gasteiger partial charge in [-0.25, -0.2) is 14.0 Å². The summed E-state index contributed by atoms with van der Waals surface area (Å²) in [6.45, 7) is 5.10. The Hall–Kier alpha value is -3.00. The molecule has 3 rings (SSSR count). The monoisotopic (exact) mass is 400 g/mol. The fourth-order valence-corrected chi connectivity index (χ4v) is 3.07. The molecule has 29 heavy (non-hydrogen) atoms. The molecule has 0 spiro atoms. The van der Waals surface area contributed by atoms with Crippen LogP contribution in [0.1, 0.15) is 23.0 Å². The van der Waals surface area contributed by atoms with E-state index in [4.69, 9.17) is 4.74 Å². The summed E-state index contributed by atoms with van der Waals surface area (Å²) in [7, 11) is 2.02. The summed E-state index contributed by atoms with van der Waals surface area (Å²) in [5, 5.41) is 0. The number of esters is 1. The topological polar surface area (TPSA) is 66.0 Å². The van der Waals surface area contributed by atoms with Gasteiger partial charge in [0.15, 0.2) is 0 Å². The zero-order valence-electron chi connectivity index (χ0n) is 16.7. The number of carbonyl (C=O) groups excluding carboxylic acids is 2. The molecule has 1 fully saturated rings. The van der Waals surface area contributed by atoms with E-state index < -0.39 is 5.97 Å². The third-order valence-corrected chi connectivity index (χ3v) is 4.80. The predicted octanol–water partition coefficient (Wildman–Crippen LogP) is 2.77. The van der Waals surface area contributed by atoms with Crippen LogP contribution >= 0.6 is 0 Å². The normalized spacial score (nSPS) is 14.5. The van der Waals surface area contributed by atoms with Gasteiger partial charge in [-0.05, 0) is 50.4 Å². The van der Waals surface area contributed by atoms with E-state index in [0.717, 1.165) is 13.1 Å². The van der Waals surface area contributed by atoms with Crippen LogP contribution in [-0.2, 0) is 11.3 Å². The third-order valence-electron chi connectivity index (χ3n) is 4.80. The standard InChI is InChI=1S/C21H25FN4O3/c1-3-29-20(27)16-4-7-18(23-14-16)15-26(19-8-5-17(22)6-9-19)21(28)25-12-10-24(2)11-13-25/h4-9,14H,3,10-13,15H2,1-2H3. The van der Waals surface area contributed by atoms with Gasteiger partial charge in [0.1, 0.15) is 5.82 Å². The lowest BCUT2D eigenvalue weighted by molar-refractivity contribution is 0.0526. The number of piperazine rings is 1. The Labute approximate surface area is 169 Å². The molecule has 1 aromatic heterocycles. The highest BCUT2D eigenvalue weighted by atomic mass is 19.1. The highest BCUT2D eigenvalue weighted by Crippen LogP contribution is 2.20. The fourth-order valence-electron chi connectivity index (χ4n) is 3.07. The van der Waals surface area contributed by atoms with Crippen LogP contribution in [0.3, 0.4) is 0 Å². The second-order valence-corrected chi connectivity index (χ2v) is 6.89. The molecule has 2 aromatic rings. The van der Waals surface area contributed by atoms with Crippen molar-refractivity contribution >= 4 is 17.7 Å². The van der Waals surface area contributed by atoms with Gasteiger partial charge in [-0.2, -0.15) is 0 Å². The van der Waals surface area contributed by atoms with Gasteiger partial charge < -0.3 is 14.5 Å². The number of pyridine rings is 1. The van der Waals surface area contributed by atoms with E-state index in [-0.39, 0.29) is 18.4 Å². The lowest BCUT2D eigenvalue weighted by atomic mass is 10.2. The molecule has 8 heteroatoms. The van der Waals surface area contributed by atoms with Crippen LogP contribution in [0.5, 0.6) is 0 Å². The zero-order chi connectivity index (χ0) is 20.8. The minimum atomic E-state index is -0.435. The molecule has 0 N–H and O–H groups in total. The van der Waals surface area contributed by atoms with E-state index in [1.54, 1.807) is 41.0 Å². The van der Waals surface area contributed by atoms with E-state index in [2.05, 4.69) is 9.88 Å². The smallest absolute Gasteiger partial charge is 0.339 e. The van der Waals surface area contributed by atoms with Crippen LogP contribution in [0.4, 0.5) is 14.9 Å². The first kappa shape index (κ1) is 20.7. The number of ether oxygens (including phenoxy) is 1. The second-order valence-electron chi connectivity index (χ2n) is 6.89. The number of benzene rings is 1. The van der Waals surface area contributed by atoms with Gasteiger partial charge in [0.2, 0.25) is 0 Å². The summed E-state index contributed by atoms with van der Waals surface area (Å²) in [4.78, 5) is 34.8. The quantitative estimate of drug-likeness (QED) is 0.722. The molecular weight excluding hydrogens is 375 g/mol. The molecule has 0 atom stereocenters. The summed E-state index contributed by atoms with van der Waals surface area (Å²) in [6.07, 6.45) is 1.44. The molecule has 0 saturated carbocycles. The first-order valence-corrected chi connectivity index (χ1v) is 9.60. The SMILES string of the molecule is CCOC(=O)c1ccc(CN(C(=O)N2CCN(C)CC2)c2ccc(F)cc2)nc1. The van der Waals surface area contributed by atoms with E-state index in [9.17, 15) is 14.0 Å². The molecule has 0 unspecified atom stereocenters.